The van der Waals surface area contributed by atoms with Crippen molar-refractivity contribution in [2.45, 2.75) is 31.8 Å². The maximum Gasteiger partial charge on any atom is 0.0804 e. The topological polar surface area (TPSA) is 33.1 Å². The first-order valence-electron chi connectivity index (χ1n) is 7.16. The Balaban J connectivity index is 1.63. The minimum atomic E-state index is -0.387. The summed E-state index contributed by atoms with van der Waals surface area (Å²) in [5.74, 6) is 0. The summed E-state index contributed by atoms with van der Waals surface area (Å²) in [7, 11) is 0. The van der Waals surface area contributed by atoms with Gasteiger partial charge in [-0.15, -0.1) is 0 Å². The van der Waals surface area contributed by atoms with Crippen LogP contribution in [0.4, 0.5) is 0 Å². The molecule has 1 N–H and O–H groups in total. The fourth-order valence-electron chi connectivity index (χ4n) is 2.12. The molecule has 0 bridgehead atoms. The first-order valence-corrected chi connectivity index (χ1v) is 7.16. The summed E-state index contributed by atoms with van der Waals surface area (Å²) in [6, 6.07) is 14.1. The normalized spacial score (nSPS) is 12.7. The summed E-state index contributed by atoms with van der Waals surface area (Å²) < 4.78 is 0. The lowest BCUT2D eigenvalue weighted by atomic mass is 10.0. The number of benzene rings is 1. The second-order valence-corrected chi connectivity index (χ2v) is 4.90. The van der Waals surface area contributed by atoms with Crippen LogP contribution >= 0.6 is 0 Å². The lowest BCUT2D eigenvalue weighted by molar-refractivity contribution is 0.163. The second-order valence-electron chi connectivity index (χ2n) is 4.90. The van der Waals surface area contributed by atoms with E-state index in [1.807, 2.05) is 30.3 Å². The van der Waals surface area contributed by atoms with Crippen molar-refractivity contribution >= 4 is 6.08 Å². The molecule has 0 saturated heterocycles. The molecule has 1 unspecified atom stereocenters. The van der Waals surface area contributed by atoms with Crippen molar-refractivity contribution < 1.29 is 5.11 Å². The van der Waals surface area contributed by atoms with E-state index in [0.717, 1.165) is 31.2 Å². The van der Waals surface area contributed by atoms with E-state index in [4.69, 9.17) is 0 Å². The van der Waals surface area contributed by atoms with Crippen LogP contribution in [0.3, 0.4) is 0 Å². The molecular formula is C18H21NO. The van der Waals surface area contributed by atoms with Crippen molar-refractivity contribution in [3.05, 3.63) is 72.1 Å². The van der Waals surface area contributed by atoms with Gasteiger partial charge in [0.25, 0.3) is 0 Å². The molecule has 0 amide bonds. The van der Waals surface area contributed by atoms with Crippen LogP contribution in [0, 0.1) is 0 Å². The first-order chi connectivity index (χ1) is 9.86. The molecule has 0 aliphatic heterocycles. The van der Waals surface area contributed by atoms with E-state index >= 15 is 0 Å². The predicted octanol–water partition coefficient (Wildman–Crippen LogP) is 4.39. The van der Waals surface area contributed by atoms with Gasteiger partial charge in [-0.3, -0.25) is 4.98 Å². The number of aliphatic hydroxyl groups is 1. The van der Waals surface area contributed by atoms with Gasteiger partial charge in [0.1, 0.15) is 0 Å². The van der Waals surface area contributed by atoms with Crippen LogP contribution in [-0.2, 0) is 0 Å². The van der Waals surface area contributed by atoms with E-state index in [-0.39, 0.29) is 6.10 Å². The van der Waals surface area contributed by atoms with E-state index in [0.29, 0.717) is 0 Å². The average molecular weight is 267 g/mol. The molecule has 1 aromatic carbocycles. The highest BCUT2D eigenvalue weighted by atomic mass is 16.3. The van der Waals surface area contributed by atoms with Gasteiger partial charge in [-0.2, -0.15) is 0 Å². The molecule has 2 aromatic rings. The second kappa shape index (κ2) is 8.28. The standard InChI is InChI=1S/C18H21NO/c20-18(17-12-8-14-19-15-17)13-7-2-1-4-9-16-10-5-3-6-11-16/h3-6,8-12,14-15,18,20H,1-2,7,13H2/b9-4+. The molecule has 2 heteroatoms. The van der Waals surface area contributed by atoms with Crippen molar-refractivity contribution in [3.63, 3.8) is 0 Å². The first kappa shape index (κ1) is 14.5. The molecule has 0 fully saturated rings. The smallest absolute Gasteiger partial charge is 0.0804 e. The number of hydrogen-bond donors (Lipinski definition) is 1. The third-order valence-electron chi connectivity index (χ3n) is 3.28. The van der Waals surface area contributed by atoms with E-state index in [1.165, 1.54) is 5.56 Å². The zero-order valence-corrected chi connectivity index (χ0v) is 11.7. The van der Waals surface area contributed by atoms with Gasteiger partial charge in [-0.05, 0) is 36.5 Å². The maximum absolute atomic E-state index is 10.00. The van der Waals surface area contributed by atoms with Gasteiger partial charge in [-0.25, -0.2) is 0 Å². The Morgan fingerprint density at radius 1 is 1.05 bits per heavy atom. The fourth-order valence-corrected chi connectivity index (χ4v) is 2.12. The Morgan fingerprint density at radius 2 is 1.90 bits per heavy atom. The molecule has 20 heavy (non-hydrogen) atoms. The lowest BCUT2D eigenvalue weighted by Crippen LogP contribution is -1.97. The molecule has 0 spiro atoms. The van der Waals surface area contributed by atoms with Crippen LogP contribution in [-0.4, -0.2) is 10.1 Å². The van der Waals surface area contributed by atoms with Crippen LogP contribution in [0.25, 0.3) is 6.08 Å². The molecule has 1 heterocycles. The monoisotopic (exact) mass is 267 g/mol. The third-order valence-corrected chi connectivity index (χ3v) is 3.28. The highest BCUT2D eigenvalue weighted by Crippen LogP contribution is 2.18. The average Bonchev–Trinajstić information content (AvgIpc) is 2.52. The van der Waals surface area contributed by atoms with E-state index in [1.54, 1.807) is 12.4 Å². The summed E-state index contributed by atoms with van der Waals surface area (Å²) >= 11 is 0. The molecule has 2 rings (SSSR count). The summed E-state index contributed by atoms with van der Waals surface area (Å²) in [4.78, 5) is 4.03. The summed E-state index contributed by atoms with van der Waals surface area (Å²) in [5.41, 5.74) is 2.15. The number of pyridine rings is 1. The Kier molecular flexibility index (Phi) is 6.00. The summed E-state index contributed by atoms with van der Waals surface area (Å²) in [6.07, 6.45) is 11.4. The molecule has 1 atom stereocenters. The van der Waals surface area contributed by atoms with Crippen molar-refractivity contribution in [1.82, 2.24) is 4.98 Å². The lowest BCUT2D eigenvalue weighted by Gasteiger charge is -2.09. The highest BCUT2D eigenvalue weighted by molar-refractivity contribution is 5.48. The summed E-state index contributed by atoms with van der Waals surface area (Å²) in [6.45, 7) is 0. The highest BCUT2D eigenvalue weighted by Gasteiger charge is 2.05. The number of nitrogens with zero attached hydrogens (tertiary/aromatic N) is 1. The van der Waals surface area contributed by atoms with E-state index < -0.39 is 0 Å². The van der Waals surface area contributed by atoms with Crippen molar-refractivity contribution in [2.75, 3.05) is 0 Å². The molecule has 0 aliphatic carbocycles. The molecule has 2 nitrogen and oxygen atoms in total. The van der Waals surface area contributed by atoms with Gasteiger partial charge < -0.3 is 5.11 Å². The summed E-state index contributed by atoms with van der Waals surface area (Å²) in [5, 5.41) is 10.00. The van der Waals surface area contributed by atoms with Crippen LogP contribution in [0.15, 0.2) is 60.9 Å². The van der Waals surface area contributed by atoms with Crippen LogP contribution in [0.1, 0.15) is 42.9 Å². The Morgan fingerprint density at radius 3 is 2.65 bits per heavy atom. The number of aromatic nitrogens is 1. The van der Waals surface area contributed by atoms with Gasteiger partial charge in [0.15, 0.2) is 0 Å². The van der Waals surface area contributed by atoms with Crippen molar-refractivity contribution in [1.29, 1.82) is 0 Å². The zero-order valence-electron chi connectivity index (χ0n) is 11.7. The minimum absolute atomic E-state index is 0.387. The van der Waals surface area contributed by atoms with Crippen LogP contribution in [0.5, 0.6) is 0 Å². The molecule has 104 valence electrons. The number of allylic oxidation sites excluding steroid dienone is 1. The maximum atomic E-state index is 10.00. The Labute approximate surface area is 120 Å². The molecule has 0 radical (unpaired) electrons. The molecule has 0 saturated carbocycles. The van der Waals surface area contributed by atoms with Crippen LogP contribution < -0.4 is 0 Å². The van der Waals surface area contributed by atoms with E-state index in [2.05, 4.69) is 29.3 Å². The minimum Gasteiger partial charge on any atom is -0.388 e. The number of unbranched alkanes of at least 4 members (excludes halogenated alkanes) is 2. The Hall–Kier alpha value is -1.93. The predicted molar refractivity (Wildman–Crippen MR) is 83.1 cm³/mol. The molecule has 1 aromatic heterocycles. The number of rotatable bonds is 7. The molecular weight excluding hydrogens is 246 g/mol. The largest absolute Gasteiger partial charge is 0.388 e. The van der Waals surface area contributed by atoms with Gasteiger partial charge in [0, 0.05) is 12.4 Å². The van der Waals surface area contributed by atoms with Gasteiger partial charge in [0.2, 0.25) is 0 Å². The van der Waals surface area contributed by atoms with Crippen LogP contribution in [0.2, 0.25) is 0 Å². The van der Waals surface area contributed by atoms with Gasteiger partial charge >= 0.3 is 0 Å². The molecule has 0 aliphatic rings. The van der Waals surface area contributed by atoms with Crippen molar-refractivity contribution in [3.8, 4) is 0 Å². The van der Waals surface area contributed by atoms with Crippen molar-refractivity contribution in [2.24, 2.45) is 0 Å². The zero-order chi connectivity index (χ0) is 14.0. The van der Waals surface area contributed by atoms with Gasteiger partial charge in [0.05, 0.1) is 6.10 Å². The number of aliphatic hydroxyl groups excluding tert-OH is 1. The number of hydrogen-bond acceptors (Lipinski definition) is 2. The van der Waals surface area contributed by atoms with E-state index in [9.17, 15) is 5.11 Å². The van der Waals surface area contributed by atoms with Gasteiger partial charge in [-0.1, -0.05) is 55.0 Å². The Bertz CT molecular complexity index is 507. The SMILES string of the molecule is OC(CCCC/C=C/c1ccccc1)c1cccnc1. The fraction of sp³-hybridized carbons (Fsp3) is 0.278. The third kappa shape index (κ3) is 4.98. The quantitative estimate of drug-likeness (QED) is 0.755.